The summed E-state index contributed by atoms with van der Waals surface area (Å²) < 4.78 is 0. The van der Waals surface area contributed by atoms with Crippen molar-refractivity contribution in [1.29, 1.82) is 0 Å². The summed E-state index contributed by atoms with van der Waals surface area (Å²) in [7, 11) is 0. The number of para-hydroxylation sites is 1. The highest BCUT2D eigenvalue weighted by atomic mass is 15.2. The predicted octanol–water partition coefficient (Wildman–Crippen LogP) is 2.18. The third-order valence-corrected chi connectivity index (χ3v) is 4.03. The molecular formula is C15H25N3. The van der Waals surface area contributed by atoms with E-state index in [1.165, 1.54) is 25.1 Å². The molecule has 0 aliphatic carbocycles. The number of benzene rings is 1. The fraction of sp³-hybridized carbons (Fsp3) is 0.600. The molecule has 1 aromatic rings. The molecule has 3 heteroatoms. The third kappa shape index (κ3) is 3.03. The molecule has 0 amide bonds. The maximum atomic E-state index is 6.01. The molecule has 0 bridgehead atoms. The highest BCUT2D eigenvalue weighted by molar-refractivity contribution is 5.46. The van der Waals surface area contributed by atoms with Crippen LogP contribution in [0.25, 0.3) is 0 Å². The summed E-state index contributed by atoms with van der Waals surface area (Å²) in [6.07, 6.45) is 1.29. The Morgan fingerprint density at radius 1 is 1.28 bits per heavy atom. The molecule has 0 spiro atoms. The molecule has 2 rings (SSSR count). The summed E-state index contributed by atoms with van der Waals surface area (Å²) in [5.41, 5.74) is 8.19. The lowest BCUT2D eigenvalue weighted by Gasteiger charge is -2.26. The second-order valence-electron chi connectivity index (χ2n) is 5.10. The van der Waals surface area contributed by atoms with Crippen LogP contribution in [0, 0.1) is 0 Å². The van der Waals surface area contributed by atoms with Crippen molar-refractivity contribution in [2.45, 2.75) is 32.9 Å². The highest BCUT2D eigenvalue weighted by Gasteiger charge is 2.26. The number of nitrogens with two attached hydrogens (primary N) is 1. The second kappa shape index (κ2) is 6.21. The molecule has 0 saturated carbocycles. The Hall–Kier alpha value is -1.06. The Labute approximate surface area is 111 Å². The molecule has 0 radical (unpaired) electrons. The SMILES string of the molecule is CCN(CC)C1CCN(Cc2ccccc2N)C1. The minimum Gasteiger partial charge on any atom is -0.398 e. The normalized spacial score (nSPS) is 20.7. The first-order chi connectivity index (χ1) is 8.74. The molecule has 1 fully saturated rings. The van der Waals surface area contributed by atoms with Gasteiger partial charge in [-0.1, -0.05) is 32.0 Å². The van der Waals surface area contributed by atoms with Gasteiger partial charge >= 0.3 is 0 Å². The lowest BCUT2D eigenvalue weighted by atomic mass is 10.2. The van der Waals surface area contributed by atoms with Crippen molar-refractivity contribution in [3.63, 3.8) is 0 Å². The molecular weight excluding hydrogens is 222 g/mol. The van der Waals surface area contributed by atoms with Crippen LogP contribution in [-0.2, 0) is 6.54 Å². The quantitative estimate of drug-likeness (QED) is 0.810. The maximum absolute atomic E-state index is 6.01. The van der Waals surface area contributed by atoms with E-state index in [9.17, 15) is 0 Å². The zero-order valence-corrected chi connectivity index (χ0v) is 11.6. The highest BCUT2D eigenvalue weighted by Crippen LogP contribution is 2.20. The van der Waals surface area contributed by atoms with Gasteiger partial charge in [0, 0.05) is 31.4 Å². The van der Waals surface area contributed by atoms with Crippen LogP contribution in [0.4, 0.5) is 5.69 Å². The number of nitrogen functional groups attached to an aromatic ring is 1. The van der Waals surface area contributed by atoms with Gasteiger partial charge in [-0.2, -0.15) is 0 Å². The average Bonchev–Trinajstić information content (AvgIpc) is 2.82. The second-order valence-corrected chi connectivity index (χ2v) is 5.10. The van der Waals surface area contributed by atoms with Crippen molar-refractivity contribution >= 4 is 5.69 Å². The van der Waals surface area contributed by atoms with Gasteiger partial charge in [-0.15, -0.1) is 0 Å². The molecule has 1 atom stereocenters. The van der Waals surface area contributed by atoms with Gasteiger partial charge in [0.15, 0.2) is 0 Å². The van der Waals surface area contributed by atoms with Crippen LogP contribution < -0.4 is 5.73 Å². The molecule has 1 saturated heterocycles. The van der Waals surface area contributed by atoms with Gasteiger partial charge in [-0.25, -0.2) is 0 Å². The lowest BCUT2D eigenvalue weighted by Crippen LogP contribution is -2.37. The number of hydrogen-bond acceptors (Lipinski definition) is 3. The van der Waals surface area contributed by atoms with Crippen LogP contribution in [-0.4, -0.2) is 42.0 Å². The third-order valence-electron chi connectivity index (χ3n) is 4.03. The number of anilines is 1. The van der Waals surface area contributed by atoms with E-state index in [0.717, 1.165) is 31.4 Å². The molecule has 2 N–H and O–H groups in total. The standard InChI is InChI=1S/C15H25N3/c1-3-18(4-2)14-9-10-17(12-14)11-13-7-5-6-8-15(13)16/h5-8,14H,3-4,9-12,16H2,1-2H3. The fourth-order valence-electron chi connectivity index (χ4n) is 2.91. The van der Waals surface area contributed by atoms with E-state index in [0.29, 0.717) is 0 Å². The van der Waals surface area contributed by atoms with Crippen molar-refractivity contribution in [1.82, 2.24) is 9.80 Å². The summed E-state index contributed by atoms with van der Waals surface area (Å²) in [6, 6.07) is 8.93. The molecule has 1 aliphatic rings. The Kier molecular flexibility index (Phi) is 4.61. The summed E-state index contributed by atoms with van der Waals surface area (Å²) in [4.78, 5) is 5.09. The molecule has 1 aliphatic heterocycles. The maximum Gasteiger partial charge on any atom is 0.0359 e. The van der Waals surface area contributed by atoms with Crippen molar-refractivity contribution in [3.05, 3.63) is 29.8 Å². The van der Waals surface area contributed by atoms with E-state index in [1.54, 1.807) is 0 Å². The van der Waals surface area contributed by atoms with Crippen molar-refractivity contribution < 1.29 is 0 Å². The number of rotatable bonds is 5. The molecule has 18 heavy (non-hydrogen) atoms. The van der Waals surface area contributed by atoms with Crippen molar-refractivity contribution in [2.75, 3.05) is 31.9 Å². The number of hydrogen-bond donors (Lipinski definition) is 1. The van der Waals surface area contributed by atoms with Crippen LogP contribution in [0.15, 0.2) is 24.3 Å². The van der Waals surface area contributed by atoms with E-state index in [2.05, 4.69) is 35.8 Å². The van der Waals surface area contributed by atoms with Crippen LogP contribution in [0.2, 0.25) is 0 Å². The largest absolute Gasteiger partial charge is 0.398 e. The number of likely N-dealkylation sites (N-methyl/N-ethyl adjacent to an activating group) is 1. The molecule has 1 unspecified atom stereocenters. The number of nitrogens with zero attached hydrogens (tertiary/aromatic N) is 2. The summed E-state index contributed by atoms with van der Waals surface area (Å²) in [6.45, 7) is 10.2. The molecule has 3 nitrogen and oxygen atoms in total. The van der Waals surface area contributed by atoms with Crippen LogP contribution in [0.1, 0.15) is 25.8 Å². The van der Waals surface area contributed by atoms with Gasteiger partial charge < -0.3 is 5.73 Å². The van der Waals surface area contributed by atoms with E-state index < -0.39 is 0 Å². The van der Waals surface area contributed by atoms with Gasteiger partial charge in [0.2, 0.25) is 0 Å². The monoisotopic (exact) mass is 247 g/mol. The van der Waals surface area contributed by atoms with Crippen molar-refractivity contribution in [2.24, 2.45) is 0 Å². The van der Waals surface area contributed by atoms with E-state index >= 15 is 0 Å². The lowest BCUT2D eigenvalue weighted by molar-refractivity contribution is 0.209. The minimum atomic E-state index is 0.727. The summed E-state index contributed by atoms with van der Waals surface area (Å²) >= 11 is 0. The molecule has 1 aromatic carbocycles. The molecule has 0 aromatic heterocycles. The summed E-state index contributed by atoms with van der Waals surface area (Å²) in [5.74, 6) is 0. The topological polar surface area (TPSA) is 32.5 Å². The van der Waals surface area contributed by atoms with Gasteiger partial charge in [0.25, 0.3) is 0 Å². The van der Waals surface area contributed by atoms with Crippen molar-refractivity contribution in [3.8, 4) is 0 Å². The zero-order chi connectivity index (χ0) is 13.0. The average molecular weight is 247 g/mol. The van der Waals surface area contributed by atoms with Gasteiger partial charge in [0.05, 0.1) is 0 Å². The smallest absolute Gasteiger partial charge is 0.0359 e. The van der Waals surface area contributed by atoms with Crippen LogP contribution in [0.5, 0.6) is 0 Å². The van der Waals surface area contributed by atoms with E-state index in [-0.39, 0.29) is 0 Å². The number of likely N-dealkylation sites (tertiary alicyclic amines) is 1. The fourth-order valence-corrected chi connectivity index (χ4v) is 2.91. The Bertz CT molecular complexity index is 374. The molecule has 100 valence electrons. The Morgan fingerprint density at radius 2 is 2.00 bits per heavy atom. The first-order valence-electron chi connectivity index (χ1n) is 7.04. The summed E-state index contributed by atoms with van der Waals surface area (Å²) in [5, 5.41) is 0. The zero-order valence-electron chi connectivity index (χ0n) is 11.6. The van der Waals surface area contributed by atoms with Gasteiger partial charge in [-0.3, -0.25) is 9.80 Å². The minimum absolute atomic E-state index is 0.727. The van der Waals surface area contributed by atoms with Gasteiger partial charge in [0.1, 0.15) is 0 Å². The first kappa shape index (κ1) is 13.4. The van der Waals surface area contributed by atoms with Gasteiger partial charge in [-0.05, 0) is 31.1 Å². The van der Waals surface area contributed by atoms with E-state index in [4.69, 9.17) is 5.73 Å². The predicted molar refractivity (Wildman–Crippen MR) is 77.5 cm³/mol. The van der Waals surface area contributed by atoms with Crippen LogP contribution >= 0.6 is 0 Å². The Morgan fingerprint density at radius 3 is 2.67 bits per heavy atom. The van der Waals surface area contributed by atoms with E-state index in [1.807, 2.05) is 12.1 Å². The first-order valence-corrected chi connectivity index (χ1v) is 7.04. The Balaban J connectivity index is 1.92. The van der Waals surface area contributed by atoms with Crippen LogP contribution in [0.3, 0.4) is 0 Å². The molecule has 1 heterocycles.